The van der Waals surface area contributed by atoms with Crippen molar-refractivity contribution < 1.29 is 4.79 Å². The Morgan fingerprint density at radius 1 is 1.22 bits per heavy atom. The van der Waals surface area contributed by atoms with Crippen LogP contribution in [0.2, 0.25) is 0 Å². The van der Waals surface area contributed by atoms with Crippen LogP contribution in [0.5, 0.6) is 0 Å². The average molecular weight is 245 g/mol. The standard InChI is InChI=1S/C16H23NO/c1-13(2)11-17(15-5-3-4-6-15)16-9-7-14(12-18)8-10-16/h7-10,12-13,15H,3-6,11H2,1-2H3. The largest absolute Gasteiger partial charge is 0.368 e. The molecule has 1 aliphatic carbocycles. The zero-order chi connectivity index (χ0) is 13.0. The first-order chi connectivity index (χ1) is 8.70. The minimum atomic E-state index is 0.663. The molecule has 0 spiro atoms. The van der Waals surface area contributed by atoms with Gasteiger partial charge in [-0.05, 0) is 43.0 Å². The SMILES string of the molecule is CC(C)CN(c1ccc(C=O)cc1)C1CCCC1. The van der Waals surface area contributed by atoms with Crippen LogP contribution in [0.3, 0.4) is 0 Å². The Bertz CT molecular complexity index is 377. The molecule has 98 valence electrons. The van der Waals surface area contributed by atoms with Gasteiger partial charge in [-0.15, -0.1) is 0 Å². The van der Waals surface area contributed by atoms with E-state index in [2.05, 4.69) is 30.9 Å². The molecule has 18 heavy (non-hydrogen) atoms. The van der Waals surface area contributed by atoms with Crippen molar-refractivity contribution in [2.75, 3.05) is 11.4 Å². The molecule has 2 nitrogen and oxygen atoms in total. The van der Waals surface area contributed by atoms with E-state index in [-0.39, 0.29) is 0 Å². The molecular formula is C16H23NO. The van der Waals surface area contributed by atoms with E-state index in [0.29, 0.717) is 12.0 Å². The first-order valence-corrected chi connectivity index (χ1v) is 7.02. The van der Waals surface area contributed by atoms with E-state index in [1.165, 1.54) is 31.4 Å². The summed E-state index contributed by atoms with van der Waals surface area (Å²) in [5.74, 6) is 0.663. The quantitative estimate of drug-likeness (QED) is 0.733. The second-order valence-corrected chi connectivity index (χ2v) is 5.69. The topological polar surface area (TPSA) is 20.3 Å². The van der Waals surface area contributed by atoms with Gasteiger partial charge in [0.05, 0.1) is 0 Å². The molecule has 0 unspecified atom stereocenters. The summed E-state index contributed by atoms with van der Waals surface area (Å²) in [7, 11) is 0. The lowest BCUT2D eigenvalue weighted by Crippen LogP contribution is -2.36. The molecule has 2 rings (SSSR count). The molecule has 1 fully saturated rings. The highest BCUT2D eigenvalue weighted by Crippen LogP contribution is 2.29. The van der Waals surface area contributed by atoms with Crippen LogP contribution in [0.25, 0.3) is 0 Å². The number of aldehydes is 1. The molecule has 0 bridgehead atoms. The van der Waals surface area contributed by atoms with Crippen LogP contribution in [0, 0.1) is 5.92 Å². The molecule has 0 N–H and O–H groups in total. The zero-order valence-corrected chi connectivity index (χ0v) is 11.4. The minimum absolute atomic E-state index is 0.663. The predicted octanol–water partition coefficient (Wildman–Crippen LogP) is 3.90. The number of carbonyl (C=O) groups excluding carboxylic acids is 1. The van der Waals surface area contributed by atoms with Crippen LogP contribution in [-0.2, 0) is 0 Å². The van der Waals surface area contributed by atoms with E-state index in [1.807, 2.05) is 12.1 Å². The number of benzene rings is 1. The molecule has 1 aromatic carbocycles. The molecule has 0 aromatic heterocycles. The maximum Gasteiger partial charge on any atom is 0.150 e. The molecular weight excluding hydrogens is 222 g/mol. The van der Waals surface area contributed by atoms with Crippen molar-refractivity contribution in [2.45, 2.75) is 45.6 Å². The fourth-order valence-electron chi connectivity index (χ4n) is 2.82. The van der Waals surface area contributed by atoms with Crippen LogP contribution in [0.1, 0.15) is 49.9 Å². The van der Waals surface area contributed by atoms with E-state index < -0.39 is 0 Å². The smallest absolute Gasteiger partial charge is 0.150 e. The van der Waals surface area contributed by atoms with Crippen LogP contribution >= 0.6 is 0 Å². The van der Waals surface area contributed by atoms with Crippen LogP contribution in [0.4, 0.5) is 5.69 Å². The summed E-state index contributed by atoms with van der Waals surface area (Å²) in [6, 6.07) is 8.71. The molecule has 1 aliphatic rings. The van der Waals surface area contributed by atoms with Crippen molar-refractivity contribution in [2.24, 2.45) is 5.92 Å². The number of rotatable bonds is 5. The van der Waals surface area contributed by atoms with Gasteiger partial charge in [0.1, 0.15) is 6.29 Å². The van der Waals surface area contributed by atoms with Gasteiger partial charge < -0.3 is 4.90 Å². The van der Waals surface area contributed by atoms with Crippen molar-refractivity contribution in [1.29, 1.82) is 0 Å². The summed E-state index contributed by atoms with van der Waals surface area (Å²) in [6.45, 7) is 5.63. The molecule has 2 heteroatoms. The average Bonchev–Trinajstić information content (AvgIpc) is 2.89. The van der Waals surface area contributed by atoms with Crippen LogP contribution in [0.15, 0.2) is 24.3 Å². The summed E-state index contributed by atoms with van der Waals surface area (Å²) < 4.78 is 0. The Hall–Kier alpha value is -1.31. The van der Waals surface area contributed by atoms with Gasteiger partial charge in [0.2, 0.25) is 0 Å². The zero-order valence-electron chi connectivity index (χ0n) is 11.4. The Balaban J connectivity index is 2.17. The van der Waals surface area contributed by atoms with Gasteiger partial charge in [-0.25, -0.2) is 0 Å². The number of hydrogen-bond acceptors (Lipinski definition) is 2. The van der Waals surface area contributed by atoms with Gasteiger partial charge in [0.25, 0.3) is 0 Å². The van der Waals surface area contributed by atoms with Gasteiger partial charge in [-0.2, -0.15) is 0 Å². The van der Waals surface area contributed by atoms with Crippen molar-refractivity contribution in [3.63, 3.8) is 0 Å². The maximum atomic E-state index is 10.7. The Morgan fingerprint density at radius 2 is 1.83 bits per heavy atom. The summed E-state index contributed by atoms with van der Waals surface area (Å²) >= 11 is 0. The molecule has 0 radical (unpaired) electrons. The lowest BCUT2D eigenvalue weighted by Gasteiger charge is -2.32. The van der Waals surface area contributed by atoms with Gasteiger partial charge in [0.15, 0.2) is 0 Å². The maximum absolute atomic E-state index is 10.7. The molecule has 0 amide bonds. The lowest BCUT2D eigenvalue weighted by molar-refractivity contribution is 0.112. The molecule has 0 atom stereocenters. The van der Waals surface area contributed by atoms with Crippen molar-refractivity contribution >= 4 is 12.0 Å². The van der Waals surface area contributed by atoms with Crippen LogP contribution in [-0.4, -0.2) is 18.9 Å². The van der Waals surface area contributed by atoms with Crippen molar-refractivity contribution in [3.8, 4) is 0 Å². The third-order valence-corrected chi connectivity index (χ3v) is 3.69. The normalized spacial score (nSPS) is 16.2. The summed E-state index contributed by atoms with van der Waals surface area (Å²) in [5, 5.41) is 0. The molecule has 0 aliphatic heterocycles. The molecule has 0 saturated heterocycles. The highest BCUT2D eigenvalue weighted by molar-refractivity contribution is 5.75. The third kappa shape index (κ3) is 3.12. The summed E-state index contributed by atoms with van der Waals surface area (Å²) in [4.78, 5) is 13.2. The molecule has 1 aromatic rings. The van der Waals surface area contributed by atoms with Gasteiger partial charge in [0, 0.05) is 23.8 Å². The van der Waals surface area contributed by atoms with E-state index in [4.69, 9.17) is 0 Å². The molecule has 1 saturated carbocycles. The van der Waals surface area contributed by atoms with E-state index in [9.17, 15) is 4.79 Å². The van der Waals surface area contributed by atoms with Gasteiger partial charge in [-0.1, -0.05) is 26.7 Å². The van der Waals surface area contributed by atoms with Gasteiger partial charge >= 0.3 is 0 Å². The summed E-state index contributed by atoms with van der Waals surface area (Å²) in [5.41, 5.74) is 2.02. The van der Waals surface area contributed by atoms with Crippen LogP contribution < -0.4 is 4.90 Å². The van der Waals surface area contributed by atoms with Gasteiger partial charge in [-0.3, -0.25) is 4.79 Å². The number of anilines is 1. The monoisotopic (exact) mass is 245 g/mol. The first-order valence-electron chi connectivity index (χ1n) is 7.02. The van der Waals surface area contributed by atoms with E-state index in [1.54, 1.807) is 0 Å². The summed E-state index contributed by atoms with van der Waals surface area (Å²) in [6.07, 6.45) is 6.23. The fourth-order valence-corrected chi connectivity index (χ4v) is 2.82. The molecule has 0 heterocycles. The minimum Gasteiger partial charge on any atom is -0.368 e. The second kappa shape index (κ2) is 6.03. The highest BCUT2D eigenvalue weighted by Gasteiger charge is 2.23. The lowest BCUT2D eigenvalue weighted by atomic mass is 10.1. The second-order valence-electron chi connectivity index (χ2n) is 5.69. The number of nitrogens with zero attached hydrogens (tertiary/aromatic N) is 1. The Morgan fingerprint density at radius 3 is 2.33 bits per heavy atom. The van der Waals surface area contributed by atoms with E-state index >= 15 is 0 Å². The Kier molecular flexibility index (Phi) is 4.40. The number of carbonyl (C=O) groups is 1. The first kappa shape index (κ1) is 13.1. The van der Waals surface area contributed by atoms with Crippen molar-refractivity contribution in [3.05, 3.63) is 29.8 Å². The fraction of sp³-hybridized carbons (Fsp3) is 0.562. The third-order valence-electron chi connectivity index (χ3n) is 3.69. The Labute approximate surface area is 110 Å². The van der Waals surface area contributed by atoms with E-state index in [0.717, 1.165) is 18.4 Å². The highest BCUT2D eigenvalue weighted by atomic mass is 16.1. The number of hydrogen-bond donors (Lipinski definition) is 0. The predicted molar refractivity (Wildman–Crippen MR) is 76.3 cm³/mol. The van der Waals surface area contributed by atoms with Crippen molar-refractivity contribution in [1.82, 2.24) is 0 Å².